The second kappa shape index (κ2) is 24.1. The molecule has 32 heavy (non-hydrogen) atoms. The number of carbonyl (C=O) groups is 2. The second-order valence-corrected chi connectivity index (χ2v) is 8.83. The Kier molecular flexibility index (Phi) is 23.0. The topological polar surface area (TPSA) is 64.6 Å². The smallest absolute Gasteiger partial charge is 0.407 e. The van der Waals surface area contributed by atoms with E-state index in [0.29, 0.717) is 19.6 Å². The molecule has 0 aliphatic carbocycles. The number of hydrogen-bond donors (Lipinski definition) is 1. The van der Waals surface area contributed by atoms with Crippen LogP contribution in [0.5, 0.6) is 0 Å². The first kappa shape index (κ1) is 30.5. The molecule has 0 fully saturated rings. The Balaban J connectivity index is 3.76. The minimum Gasteiger partial charge on any atom is -0.464 e. The van der Waals surface area contributed by atoms with Gasteiger partial charge in [0.15, 0.2) is 0 Å². The van der Waals surface area contributed by atoms with Crippen LogP contribution in [0.2, 0.25) is 0 Å². The summed E-state index contributed by atoms with van der Waals surface area (Å²) in [6.45, 7) is 8.89. The van der Waals surface area contributed by atoms with Crippen LogP contribution in [-0.2, 0) is 14.3 Å². The van der Waals surface area contributed by atoms with Crippen molar-refractivity contribution < 1.29 is 19.1 Å². The van der Waals surface area contributed by atoms with Crippen molar-refractivity contribution in [3.63, 3.8) is 0 Å². The molecule has 0 aromatic rings. The lowest BCUT2D eigenvalue weighted by Gasteiger charge is -2.16. The number of carbonyl (C=O) groups excluding carboxylic acids is 2. The lowest BCUT2D eigenvalue weighted by molar-refractivity contribution is -0.146. The van der Waals surface area contributed by atoms with Crippen molar-refractivity contribution in [3.8, 4) is 0 Å². The molecule has 0 aromatic carbocycles. The first-order valence-electron chi connectivity index (χ1n) is 13.4. The van der Waals surface area contributed by atoms with Gasteiger partial charge in [0.2, 0.25) is 0 Å². The Morgan fingerprint density at radius 3 is 1.53 bits per heavy atom. The summed E-state index contributed by atoms with van der Waals surface area (Å²) in [4.78, 5) is 24.3. The van der Waals surface area contributed by atoms with Gasteiger partial charge in [-0.05, 0) is 19.3 Å². The van der Waals surface area contributed by atoms with Gasteiger partial charge < -0.3 is 14.8 Å². The predicted molar refractivity (Wildman–Crippen MR) is 134 cm³/mol. The predicted octanol–water partition coefficient (Wildman–Crippen LogP) is 7.87. The molecule has 0 saturated carbocycles. The van der Waals surface area contributed by atoms with Gasteiger partial charge in [-0.15, -0.1) is 6.58 Å². The van der Waals surface area contributed by atoms with Gasteiger partial charge >= 0.3 is 12.1 Å². The minimum atomic E-state index is -0.725. The third-order valence-electron chi connectivity index (χ3n) is 5.70. The third kappa shape index (κ3) is 20.4. The standard InChI is InChI=1S/C27H51NO4/c1-4-7-9-11-13-14-15-16-17-19-20-23-31-26(29)25(22-6-3)28-27(30)32-24-21-18-12-10-8-5-2/h6,25H,3-5,7-24H2,1-2H3,(H,28,30). The molecule has 5 heteroatoms. The summed E-state index contributed by atoms with van der Waals surface area (Å²) < 4.78 is 10.6. The Bertz CT molecular complexity index is 453. The van der Waals surface area contributed by atoms with E-state index in [1.807, 2.05) is 0 Å². The van der Waals surface area contributed by atoms with E-state index in [0.717, 1.165) is 25.7 Å². The quantitative estimate of drug-likeness (QED) is 0.0971. The monoisotopic (exact) mass is 453 g/mol. The maximum atomic E-state index is 12.3. The van der Waals surface area contributed by atoms with Gasteiger partial charge in [-0.3, -0.25) is 0 Å². The number of alkyl carbamates (subject to hydrolysis) is 1. The SMILES string of the molecule is C=CCC(NC(=O)OCCCCCCCC)C(=O)OCCCCCCCCCCCCC. The van der Waals surface area contributed by atoms with Gasteiger partial charge in [0.05, 0.1) is 13.2 Å². The summed E-state index contributed by atoms with van der Waals surface area (Å²) in [5.41, 5.74) is 0. The summed E-state index contributed by atoms with van der Waals surface area (Å²) in [6.07, 6.45) is 22.0. The van der Waals surface area contributed by atoms with E-state index in [2.05, 4.69) is 25.7 Å². The molecule has 0 radical (unpaired) electrons. The molecule has 188 valence electrons. The van der Waals surface area contributed by atoms with Crippen molar-refractivity contribution in [2.24, 2.45) is 0 Å². The van der Waals surface area contributed by atoms with Crippen LogP contribution in [-0.4, -0.2) is 31.3 Å². The maximum absolute atomic E-state index is 12.3. The van der Waals surface area contributed by atoms with Crippen LogP contribution in [0.25, 0.3) is 0 Å². The molecular weight excluding hydrogens is 402 g/mol. The van der Waals surface area contributed by atoms with Gasteiger partial charge in [0.25, 0.3) is 0 Å². The largest absolute Gasteiger partial charge is 0.464 e. The van der Waals surface area contributed by atoms with E-state index in [9.17, 15) is 9.59 Å². The Morgan fingerprint density at radius 2 is 1.09 bits per heavy atom. The highest BCUT2D eigenvalue weighted by atomic mass is 16.6. The highest BCUT2D eigenvalue weighted by Crippen LogP contribution is 2.11. The number of ether oxygens (including phenoxy) is 2. The molecule has 0 aliphatic rings. The first-order valence-corrected chi connectivity index (χ1v) is 13.4. The van der Waals surface area contributed by atoms with Gasteiger partial charge in [-0.25, -0.2) is 9.59 Å². The van der Waals surface area contributed by atoms with E-state index >= 15 is 0 Å². The molecule has 0 bridgehead atoms. The van der Waals surface area contributed by atoms with Gasteiger partial charge in [0.1, 0.15) is 6.04 Å². The zero-order chi connectivity index (χ0) is 23.7. The van der Waals surface area contributed by atoms with Gasteiger partial charge in [-0.2, -0.15) is 0 Å². The van der Waals surface area contributed by atoms with Crippen LogP contribution in [0.1, 0.15) is 129 Å². The van der Waals surface area contributed by atoms with E-state index < -0.39 is 18.1 Å². The van der Waals surface area contributed by atoms with Crippen LogP contribution >= 0.6 is 0 Å². The lowest BCUT2D eigenvalue weighted by Crippen LogP contribution is -2.42. The number of amides is 1. The highest BCUT2D eigenvalue weighted by molar-refractivity contribution is 5.81. The number of hydrogen-bond acceptors (Lipinski definition) is 4. The molecular formula is C27H51NO4. The fraction of sp³-hybridized carbons (Fsp3) is 0.852. The van der Waals surface area contributed by atoms with Crippen LogP contribution < -0.4 is 5.32 Å². The summed E-state index contributed by atoms with van der Waals surface area (Å²) in [6, 6.07) is -0.725. The van der Waals surface area contributed by atoms with E-state index in [1.54, 1.807) is 6.08 Å². The van der Waals surface area contributed by atoms with Crippen molar-refractivity contribution in [2.75, 3.05) is 13.2 Å². The molecule has 1 N–H and O–H groups in total. The number of rotatable bonds is 23. The Labute approximate surface area is 198 Å². The number of unbranched alkanes of at least 4 members (excludes halogenated alkanes) is 15. The molecule has 1 atom stereocenters. The summed E-state index contributed by atoms with van der Waals surface area (Å²) in [5.74, 6) is -0.409. The number of nitrogens with one attached hydrogen (secondary N) is 1. The lowest BCUT2D eigenvalue weighted by atomic mass is 10.1. The van der Waals surface area contributed by atoms with Crippen molar-refractivity contribution in [1.82, 2.24) is 5.32 Å². The summed E-state index contributed by atoms with van der Waals surface area (Å²) >= 11 is 0. The second-order valence-electron chi connectivity index (χ2n) is 8.83. The normalized spacial score (nSPS) is 11.7. The third-order valence-corrected chi connectivity index (χ3v) is 5.70. The molecule has 1 amide bonds. The molecule has 1 unspecified atom stereocenters. The van der Waals surface area contributed by atoms with Crippen molar-refractivity contribution in [1.29, 1.82) is 0 Å². The van der Waals surface area contributed by atoms with Crippen LogP contribution in [0.15, 0.2) is 12.7 Å². The Hall–Kier alpha value is -1.52. The van der Waals surface area contributed by atoms with Crippen LogP contribution in [0.3, 0.4) is 0 Å². The van der Waals surface area contributed by atoms with Crippen molar-refractivity contribution >= 4 is 12.1 Å². The minimum absolute atomic E-state index is 0.337. The summed E-state index contributed by atoms with van der Waals surface area (Å²) in [5, 5.41) is 2.62. The van der Waals surface area contributed by atoms with Gasteiger partial charge in [-0.1, -0.05) is 116 Å². The van der Waals surface area contributed by atoms with E-state index in [4.69, 9.17) is 9.47 Å². The van der Waals surface area contributed by atoms with Crippen LogP contribution in [0, 0.1) is 0 Å². The van der Waals surface area contributed by atoms with Crippen molar-refractivity contribution in [2.45, 2.75) is 135 Å². The van der Waals surface area contributed by atoms with Crippen molar-refractivity contribution in [3.05, 3.63) is 12.7 Å². The first-order chi connectivity index (χ1) is 15.7. The average molecular weight is 454 g/mol. The molecule has 0 aromatic heterocycles. The molecule has 0 heterocycles. The molecule has 0 rings (SSSR count). The fourth-order valence-electron chi connectivity index (χ4n) is 3.65. The highest BCUT2D eigenvalue weighted by Gasteiger charge is 2.21. The van der Waals surface area contributed by atoms with E-state index in [1.165, 1.54) is 83.5 Å². The average Bonchev–Trinajstić information content (AvgIpc) is 2.78. The zero-order valence-corrected chi connectivity index (χ0v) is 21.1. The fourth-order valence-corrected chi connectivity index (χ4v) is 3.65. The molecule has 0 saturated heterocycles. The van der Waals surface area contributed by atoms with E-state index in [-0.39, 0.29) is 0 Å². The summed E-state index contributed by atoms with van der Waals surface area (Å²) in [7, 11) is 0. The van der Waals surface area contributed by atoms with Gasteiger partial charge in [0, 0.05) is 0 Å². The zero-order valence-electron chi connectivity index (χ0n) is 21.1. The van der Waals surface area contributed by atoms with Crippen LogP contribution in [0.4, 0.5) is 4.79 Å². The molecule has 0 spiro atoms. The number of esters is 1. The molecule has 0 aliphatic heterocycles. The maximum Gasteiger partial charge on any atom is 0.407 e. The molecule has 5 nitrogen and oxygen atoms in total. The Morgan fingerprint density at radius 1 is 0.688 bits per heavy atom.